The molecule has 2 rings (SSSR count). The SMILES string of the molecule is CCOC(=O)C1CCCN(C(=NC)NCC2CCOC2)C1.I. The average molecular weight is 425 g/mol. The molecule has 2 saturated heterocycles. The molecule has 0 aromatic heterocycles. The van der Waals surface area contributed by atoms with E-state index in [9.17, 15) is 4.79 Å². The zero-order valence-electron chi connectivity index (χ0n) is 13.5. The van der Waals surface area contributed by atoms with Crippen molar-refractivity contribution in [1.82, 2.24) is 10.2 Å². The van der Waals surface area contributed by atoms with Crippen LogP contribution in [0.1, 0.15) is 26.2 Å². The number of halogens is 1. The smallest absolute Gasteiger partial charge is 0.310 e. The first-order valence-electron chi connectivity index (χ1n) is 7.94. The van der Waals surface area contributed by atoms with Crippen LogP contribution in [0.2, 0.25) is 0 Å². The Balaban J connectivity index is 0.00000242. The van der Waals surface area contributed by atoms with Crippen LogP contribution in [0.15, 0.2) is 4.99 Å². The maximum atomic E-state index is 11.9. The van der Waals surface area contributed by atoms with E-state index in [0.717, 1.165) is 51.5 Å². The summed E-state index contributed by atoms with van der Waals surface area (Å²) in [6.07, 6.45) is 3.01. The minimum Gasteiger partial charge on any atom is -0.466 e. The summed E-state index contributed by atoms with van der Waals surface area (Å²) in [4.78, 5) is 18.4. The van der Waals surface area contributed by atoms with Gasteiger partial charge in [0.05, 0.1) is 19.1 Å². The normalized spacial score (nSPS) is 25.5. The maximum absolute atomic E-state index is 11.9. The third kappa shape index (κ3) is 5.57. The molecule has 0 saturated carbocycles. The van der Waals surface area contributed by atoms with Gasteiger partial charge >= 0.3 is 5.97 Å². The van der Waals surface area contributed by atoms with Crippen molar-refractivity contribution in [2.45, 2.75) is 26.2 Å². The van der Waals surface area contributed by atoms with Gasteiger partial charge in [0, 0.05) is 39.2 Å². The van der Waals surface area contributed by atoms with Crippen molar-refractivity contribution in [3.05, 3.63) is 0 Å². The largest absolute Gasteiger partial charge is 0.466 e. The standard InChI is InChI=1S/C15H27N3O3.HI/c1-3-21-14(19)13-5-4-7-18(10-13)15(16-2)17-9-12-6-8-20-11-12;/h12-13H,3-11H2,1-2H3,(H,16,17);1H. The van der Waals surface area contributed by atoms with Crippen LogP contribution in [-0.2, 0) is 14.3 Å². The van der Waals surface area contributed by atoms with Gasteiger partial charge in [-0.05, 0) is 26.2 Å². The number of carbonyl (C=O) groups is 1. The van der Waals surface area contributed by atoms with E-state index in [1.807, 2.05) is 6.92 Å². The van der Waals surface area contributed by atoms with Crippen LogP contribution in [0, 0.1) is 11.8 Å². The second-order valence-electron chi connectivity index (χ2n) is 5.69. The van der Waals surface area contributed by atoms with Crippen molar-refractivity contribution >= 4 is 35.9 Å². The number of hydrogen-bond donors (Lipinski definition) is 1. The van der Waals surface area contributed by atoms with Gasteiger partial charge in [-0.3, -0.25) is 9.79 Å². The number of guanidine groups is 1. The molecule has 0 aromatic rings. The molecule has 2 unspecified atom stereocenters. The number of piperidine rings is 1. The van der Waals surface area contributed by atoms with Crippen molar-refractivity contribution in [2.24, 2.45) is 16.8 Å². The van der Waals surface area contributed by atoms with Crippen LogP contribution in [-0.4, -0.2) is 63.3 Å². The number of nitrogens with one attached hydrogen (secondary N) is 1. The molecule has 0 bridgehead atoms. The van der Waals surface area contributed by atoms with Gasteiger partial charge in [0.15, 0.2) is 5.96 Å². The van der Waals surface area contributed by atoms with Crippen LogP contribution in [0.4, 0.5) is 0 Å². The number of esters is 1. The predicted octanol–water partition coefficient (Wildman–Crippen LogP) is 1.49. The fourth-order valence-electron chi connectivity index (χ4n) is 2.93. The molecule has 2 aliphatic heterocycles. The van der Waals surface area contributed by atoms with E-state index in [1.165, 1.54) is 0 Å². The highest BCUT2D eigenvalue weighted by Gasteiger charge is 2.28. The molecule has 1 N–H and O–H groups in total. The summed E-state index contributed by atoms with van der Waals surface area (Å²) in [6, 6.07) is 0. The molecule has 0 spiro atoms. The summed E-state index contributed by atoms with van der Waals surface area (Å²) >= 11 is 0. The van der Waals surface area contributed by atoms with E-state index >= 15 is 0 Å². The molecular weight excluding hydrogens is 397 g/mol. The van der Waals surface area contributed by atoms with Gasteiger partial charge in [-0.15, -0.1) is 24.0 Å². The molecule has 6 nitrogen and oxygen atoms in total. The lowest BCUT2D eigenvalue weighted by molar-refractivity contribution is -0.149. The Kier molecular flexibility index (Phi) is 9.08. The molecule has 2 heterocycles. The van der Waals surface area contributed by atoms with Crippen LogP contribution in [0.3, 0.4) is 0 Å². The van der Waals surface area contributed by atoms with Gasteiger partial charge in [-0.2, -0.15) is 0 Å². The highest BCUT2D eigenvalue weighted by Crippen LogP contribution is 2.18. The van der Waals surface area contributed by atoms with E-state index in [1.54, 1.807) is 7.05 Å². The highest BCUT2D eigenvalue weighted by atomic mass is 127. The lowest BCUT2D eigenvalue weighted by Crippen LogP contribution is -2.49. The van der Waals surface area contributed by atoms with E-state index in [2.05, 4.69) is 15.2 Å². The van der Waals surface area contributed by atoms with E-state index in [-0.39, 0.29) is 35.9 Å². The summed E-state index contributed by atoms with van der Waals surface area (Å²) in [5, 5.41) is 3.42. The molecule has 7 heteroatoms. The van der Waals surface area contributed by atoms with Crippen molar-refractivity contribution in [3.8, 4) is 0 Å². The Morgan fingerprint density at radius 3 is 2.91 bits per heavy atom. The van der Waals surface area contributed by atoms with Gasteiger partial charge < -0.3 is 19.7 Å². The summed E-state index contributed by atoms with van der Waals surface area (Å²) in [5.41, 5.74) is 0. The fourth-order valence-corrected chi connectivity index (χ4v) is 2.93. The molecule has 128 valence electrons. The lowest BCUT2D eigenvalue weighted by Gasteiger charge is -2.34. The Bertz CT molecular complexity index is 373. The Hall–Kier alpha value is -0.570. The predicted molar refractivity (Wildman–Crippen MR) is 96.6 cm³/mol. The van der Waals surface area contributed by atoms with Crippen molar-refractivity contribution in [2.75, 3.05) is 46.5 Å². The molecule has 2 aliphatic rings. The number of carbonyl (C=O) groups excluding carboxylic acids is 1. The van der Waals surface area contributed by atoms with Crippen molar-refractivity contribution in [3.63, 3.8) is 0 Å². The number of likely N-dealkylation sites (tertiary alicyclic amines) is 1. The zero-order chi connectivity index (χ0) is 15.1. The molecule has 22 heavy (non-hydrogen) atoms. The number of aliphatic imine (C=N–C) groups is 1. The van der Waals surface area contributed by atoms with Gasteiger partial charge in [0.2, 0.25) is 0 Å². The molecule has 0 amide bonds. The molecule has 2 atom stereocenters. The lowest BCUT2D eigenvalue weighted by atomic mass is 9.98. The second-order valence-corrected chi connectivity index (χ2v) is 5.69. The van der Waals surface area contributed by atoms with Gasteiger partial charge in [-0.25, -0.2) is 0 Å². The maximum Gasteiger partial charge on any atom is 0.310 e. The fraction of sp³-hybridized carbons (Fsp3) is 0.867. The first-order chi connectivity index (χ1) is 10.2. The summed E-state index contributed by atoms with van der Waals surface area (Å²) in [5.74, 6) is 1.33. The first-order valence-corrected chi connectivity index (χ1v) is 7.94. The van der Waals surface area contributed by atoms with E-state index < -0.39 is 0 Å². The number of hydrogen-bond acceptors (Lipinski definition) is 4. The van der Waals surface area contributed by atoms with Crippen molar-refractivity contribution < 1.29 is 14.3 Å². The third-order valence-corrected chi connectivity index (χ3v) is 4.13. The van der Waals surface area contributed by atoms with Crippen molar-refractivity contribution in [1.29, 1.82) is 0 Å². The van der Waals surface area contributed by atoms with E-state index in [4.69, 9.17) is 9.47 Å². The number of nitrogens with zero attached hydrogens (tertiary/aromatic N) is 2. The Labute approximate surface area is 150 Å². The molecular formula is C15H28IN3O3. The molecule has 0 aromatic carbocycles. The second kappa shape index (κ2) is 10.3. The quantitative estimate of drug-likeness (QED) is 0.320. The van der Waals surface area contributed by atoms with Crippen LogP contribution >= 0.6 is 24.0 Å². The van der Waals surface area contributed by atoms with Gasteiger partial charge in [-0.1, -0.05) is 0 Å². The molecule has 0 radical (unpaired) electrons. The molecule has 2 fully saturated rings. The van der Waals surface area contributed by atoms with Gasteiger partial charge in [0.1, 0.15) is 0 Å². The van der Waals surface area contributed by atoms with Gasteiger partial charge in [0.25, 0.3) is 0 Å². The zero-order valence-corrected chi connectivity index (χ0v) is 15.9. The Morgan fingerprint density at radius 1 is 1.45 bits per heavy atom. The molecule has 0 aliphatic carbocycles. The minimum absolute atomic E-state index is 0. The van der Waals surface area contributed by atoms with Crippen LogP contribution < -0.4 is 5.32 Å². The number of rotatable bonds is 4. The summed E-state index contributed by atoms with van der Waals surface area (Å²) < 4.78 is 10.5. The Morgan fingerprint density at radius 2 is 2.27 bits per heavy atom. The summed E-state index contributed by atoms with van der Waals surface area (Å²) in [6.45, 7) is 6.51. The third-order valence-electron chi connectivity index (χ3n) is 4.13. The average Bonchev–Trinajstić information content (AvgIpc) is 3.02. The monoisotopic (exact) mass is 425 g/mol. The summed E-state index contributed by atoms with van der Waals surface area (Å²) in [7, 11) is 1.79. The highest BCUT2D eigenvalue weighted by molar-refractivity contribution is 14.0. The number of ether oxygens (including phenoxy) is 2. The minimum atomic E-state index is -0.0816. The first kappa shape index (κ1) is 19.5. The van der Waals surface area contributed by atoms with E-state index in [0.29, 0.717) is 19.1 Å². The topological polar surface area (TPSA) is 63.2 Å². The van der Waals surface area contributed by atoms with Crippen LogP contribution in [0.25, 0.3) is 0 Å². The van der Waals surface area contributed by atoms with Crippen LogP contribution in [0.5, 0.6) is 0 Å².